The van der Waals surface area contributed by atoms with Crippen LogP contribution in [0.4, 0.5) is 5.69 Å². The summed E-state index contributed by atoms with van der Waals surface area (Å²) in [6.45, 7) is 3.31. The third-order valence-electron chi connectivity index (χ3n) is 3.93. The first-order valence-electron chi connectivity index (χ1n) is 7.48. The topological polar surface area (TPSA) is 75.7 Å². The Labute approximate surface area is 130 Å². The van der Waals surface area contributed by atoms with Crippen LogP contribution in [0, 0.1) is 12.8 Å². The molecule has 2 fully saturated rings. The van der Waals surface area contributed by atoms with Gasteiger partial charge in [0.05, 0.1) is 18.9 Å². The molecule has 1 amide bonds. The Morgan fingerprint density at radius 1 is 1.27 bits per heavy atom. The van der Waals surface area contributed by atoms with E-state index in [1.165, 1.54) is 4.31 Å². The van der Waals surface area contributed by atoms with E-state index in [9.17, 15) is 13.2 Å². The van der Waals surface area contributed by atoms with E-state index in [1.54, 1.807) is 18.2 Å². The van der Waals surface area contributed by atoms with E-state index >= 15 is 0 Å². The summed E-state index contributed by atoms with van der Waals surface area (Å²) in [5.74, 6) is -0.0671. The van der Waals surface area contributed by atoms with Gasteiger partial charge in [0.2, 0.25) is 15.9 Å². The first-order chi connectivity index (χ1) is 10.5. The molecule has 1 aliphatic heterocycles. The predicted octanol–water partition coefficient (Wildman–Crippen LogP) is 1.36. The van der Waals surface area contributed by atoms with Crippen molar-refractivity contribution in [3.05, 3.63) is 23.8 Å². The molecule has 1 saturated carbocycles. The molecule has 1 aliphatic carbocycles. The maximum atomic E-state index is 12.8. The summed E-state index contributed by atoms with van der Waals surface area (Å²) in [6.07, 6.45) is 1.76. The Morgan fingerprint density at radius 2 is 1.95 bits per heavy atom. The van der Waals surface area contributed by atoms with E-state index in [-0.39, 0.29) is 16.7 Å². The Hall–Kier alpha value is -1.44. The fourth-order valence-electron chi connectivity index (χ4n) is 2.45. The lowest BCUT2D eigenvalue weighted by Crippen LogP contribution is -2.41. The molecule has 0 atom stereocenters. The van der Waals surface area contributed by atoms with Crippen LogP contribution in [-0.2, 0) is 19.6 Å². The molecule has 2 aliphatic rings. The zero-order chi connectivity index (χ0) is 15.7. The lowest BCUT2D eigenvalue weighted by Gasteiger charge is -2.27. The number of hydrogen-bond acceptors (Lipinski definition) is 4. The third kappa shape index (κ3) is 3.16. The van der Waals surface area contributed by atoms with Gasteiger partial charge in [0.25, 0.3) is 0 Å². The number of sulfonamides is 1. The van der Waals surface area contributed by atoms with E-state index in [2.05, 4.69) is 5.32 Å². The second-order valence-corrected chi connectivity index (χ2v) is 7.69. The molecule has 1 aromatic rings. The highest BCUT2D eigenvalue weighted by Gasteiger charge is 2.32. The highest BCUT2D eigenvalue weighted by atomic mass is 32.2. The van der Waals surface area contributed by atoms with E-state index in [0.717, 1.165) is 18.4 Å². The fourth-order valence-corrected chi connectivity index (χ4v) is 4.09. The van der Waals surface area contributed by atoms with Crippen molar-refractivity contribution in [3.63, 3.8) is 0 Å². The molecule has 6 nitrogen and oxygen atoms in total. The minimum Gasteiger partial charge on any atom is -0.379 e. The van der Waals surface area contributed by atoms with Crippen LogP contribution in [0.1, 0.15) is 18.4 Å². The average Bonchev–Trinajstić information content (AvgIpc) is 3.34. The number of ether oxygens (including phenoxy) is 1. The fraction of sp³-hybridized carbons (Fsp3) is 0.533. The molecule has 0 spiro atoms. The lowest BCUT2D eigenvalue weighted by atomic mass is 10.2. The number of nitrogens with one attached hydrogen (secondary N) is 1. The van der Waals surface area contributed by atoms with Crippen LogP contribution in [0.3, 0.4) is 0 Å². The number of carbonyl (C=O) groups excluding carboxylic acids is 1. The molecule has 1 N–H and O–H groups in total. The summed E-state index contributed by atoms with van der Waals surface area (Å²) >= 11 is 0. The maximum absolute atomic E-state index is 12.8. The Morgan fingerprint density at radius 3 is 2.59 bits per heavy atom. The third-order valence-corrected chi connectivity index (χ3v) is 5.87. The minimum absolute atomic E-state index is 0.0280. The van der Waals surface area contributed by atoms with Gasteiger partial charge in [-0.2, -0.15) is 4.31 Å². The Bertz CT molecular complexity index is 677. The summed E-state index contributed by atoms with van der Waals surface area (Å²) < 4.78 is 32.3. The van der Waals surface area contributed by atoms with E-state index < -0.39 is 10.0 Å². The van der Waals surface area contributed by atoms with Gasteiger partial charge in [-0.3, -0.25) is 4.79 Å². The summed E-state index contributed by atoms with van der Waals surface area (Å²) in [4.78, 5) is 12.1. The summed E-state index contributed by atoms with van der Waals surface area (Å²) in [5, 5.41) is 2.77. The molecule has 1 aromatic carbocycles. The van der Waals surface area contributed by atoms with Gasteiger partial charge < -0.3 is 10.1 Å². The van der Waals surface area contributed by atoms with Crippen molar-refractivity contribution < 1.29 is 17.9 Å². The molecular weight excluding hydrogens is 304 g/mol. The van der Waals surface area contributed by atoms with Gasteiger partial charge in [-0.05, 0) is 37.5 Å². The number of rotatable bonds is 4. The molecule has 1 saturated heterocycles. The normalized spacial score (nSPS) is 19.9. The minimum atomic E-state index is -3.63. The van der Waals surface area contributed by atoms with Crippen LogP contribution in [0.15, 0.2) is 23.1 Å². The van der Waals surface area contributed by atoms with Crippen molar-refractivity contribution in [2.45, 2.75) is 24.7 Å². The number of nitrogens with zero attached hydrogens (tertiary/aromatic N) is 1. The number of benzene rings is 1. The van der Waals surface area contributed by atoms with Crippen molar-refractivity contribution in [2.75, 3.05) is 31.6 Å². The van der Waals surface area contributed by atoms with Crippen LogP contribution in [0.25, 0.3) is 0 Å². The van der Waals surface area contributed by atoms with Crippen LogP contribution >= 0.6 is 0 Å². The number of aryl methyl sites for hydroxylation is 1. The van der Waals surface area contributed by atoms with Crippen LogP contribution < -0.4 is 5.32 Å². The quantitative estimate of drug-likeness (QED) is 0.907. The van der Waals surface area contributed by atoms with Gasteiger partial charge in [-0.1, -0.05) is 6.07 Å². The summed E-state index contributed by atoms with van der Waals surface area (Å²) in [7, 11) is -3.63. The molecule has 1 heterocycles. The standard InChI is InChI=1S/C15H20N2O4S/c1-11-2-5-13(16-15(18)12-3-4-12)14(10-11)22(19,20)17-6-8-21-9-7-17/h2,5,10,12H,3-4,6-9H2,1H3,(H,16,18). The molecule has 22 heavy (non-hydrogen) atoms. The van der Waals surface area contributed by atoms with E-state index in [1.807, 2.05) is 6.92 Å². The van der Waals surface area contributed by atoms with Crippen molar-refractivity contribution in [1.29, 1.82) is 0 Å². The second kappa shape index (κ2) is 5.98. The first kappa shape index (κ1) is 15.5. The maximum Gasteiger partial charge on any atom is 0.245 e. The first-order valence-corrected chi connectivity index (χ1v) is 8.92. The number of morpholine rings is 1. The van der Waals surface area contributed by atoms with Crippen LogP contribution in [-0.4, -0.2) is 44.9 Å². The number of carbonyl (C=O) groups is 1. The number of hydrogen-bond donors (Lipinski definition) is 1. The molecular formula is C15H20N2O4S. The smallest absolute Gasteiger partial charge is 0.245 e. The molecule has 0 radical (unpaired) electrons. The van der Waals surface area contributed by atoms with Gasteiger partial charge in [0.1, 0.15) is 4.90 Å². The summed E-state index contributed by atoms with van der Waals surface area (Å²) in [6, 6.07) is 5.09. The average molecular weight is 324 g/mol. The molecule has 7 heteroatoms. The van der Waals surface area contributed by atoms with Gasteiger partial charge in [0, 0.05) is 19.0 Å². The number of anilines is 1. The zero-order valence-corrected chi connectivity index (χ0v) is 13.4. The number of amides is 1. The van der Waals surface area contributed by atoms with Crippen LogP contribution in [0.5, 0.6) is 0 Å². The molecule has 0 bridgehead atoms. The van der Waals surface area contributed by atoms with E-state index in [4.69, 9.17) is 4.74 Å². The van der Waals surface area contributed by atoms with Gasteiger partial charge in [-0.25, -0.2) is 8.42 Å². The lowest BCUT2D eigenvalue weighted by molar-refractivity contribution is -0.117. The Kier molecular flexibility index (Phi) is 4.20. The molecule has 0 aromatic heterocycles. The SMILES string of the molecule is Cc1ccc(NC(=O)C2CC2)c(S(=O)(=O)N2CCOCC2)c1. The van der Waals surface area contributed by atoms with Crippen molar-refractivity contribution >= 4 is 21.6 Å². The van der Waals surface area contributed by atoms with Crippen molar-refractivity contribution in [3.8, 4) is 0 Å². The molecule has 3 rings (SSSR count). The molecule has 120 valence electrons. The second-order valence-electron chi connectivity index (χ2n) is 5.78. The van der Waals surface area contributed by atoms with Crippen molar-refractivity contribution in [2.24, 2.45) is 5.92 Å². The van der Waals surface area contributed by atoms with Gasteiger partial charge in [-0.15, -0.1) is 0 Å². The monoisotopic (exact) mass is 324 g/mol. The van der Waals surface area contributed by atoms with Crippen LogP contribution in [0.2, 0.25) is 0 Å². The highest BCUT2D eigenvalue weighted by Crippen LogP contribution is 2.32. The zero-order valence-electron chi connectivity index (χ0n) is 12.5. The summed E-state index contributed by atoms with van der Waals surface area (Å²) in [5.41, 5.74) is 1.21. The molecule has 0 unspecified atom stereocenters. The Balaban J connectivity index is 1.93. The van der Waals surface area contributed by atoms with E-state index in [0.29, 0.717) is 32.0 Å². The largest absolute Gasteiger partial charge is 0.379 e. The predicted molar refractivity (Wildman–Crippen MR) is 82.1 cm³/mol. The van der Waals surface area contributed by atoms with Gasteiger partial charge >= 0.3 is 0 Å². The van der Waals surface area contributed by atoms with Crippen molar-refractivity contribution in [1.82, 2.24) is 4.31 Å². The van der Waals surface area contributed by atoms with Gasteiger partial charge in [0.15, 0.2) is 0 Å². The highest BCUT2D eigenvalue weighted by molar-refractivity contribution is 7.89.